The van der Waals surface area contributed by atoms with Gasteiger partial charge in [-0.25, -0.2) is 0 Å². The molecular formula is C10H20N2O4. The van der Waals surface area contributed by atoms with Crippen LogP contribution in [0, 0.1) is 5.92 Å². The largest absolute Gasteiger partial charge is 0.481 e. The number of carbonyl (C=O) groups is 2. The van der Waals surface area contributed by atoms with Gasteiger partial charge in [0.2, 0.25) is 5.91 Å². The van der Waals surface area contributed by atoms with Crippen LogP contribution in [0.15, 0.2) is 0 Å². The average molecular weight is 232 g/mol. The maximum Gasteiger partial charge on any atom is 0.308 e. The number of methoxy groups -OCH3 is 1. The summed E-state index contributed by atoms with van der Waals surface area (Å²) >= 11 is 0. The number of nitrogens with one attached hydrogen (secondary N) is 1. The third-order valence-electron chi connectivity index (χ3n) is 2.33. The van der Waals surface area contributed by atoms with Crippen molar-refractivity contribution in [2.75, 3.05) is 20.3 Å². The highest BCUT2D eigenvalue weighted by molar-refractivity contribution is 5.82. The molecule has 94 valence electrons. The molecule has 2 unspecified atom stereocenters. The van der Waals surface area contributed by atoms with Crippen molar-refractivity contribution in [3.8, 4) is 0 Å². The van der Waals surface area contributed by atoms with Crippen molar-refractivity contribution >= 4 is 11.9 Å². The molecule has 1 amide bonds. The van der Waals surface area contributed by atoms with Gasteiger partial charge in [-0.1, -0.05) is 6.92 Å². The first-order valence-electron chi connectivity index (χ1n) is 5.27. The van der Waals surface area contributed by atoms with Crippen molar-refractivity contribution in [1.82, 2.24) is 5.32 Å². The van der Waals surface area contributed by atoms with Crippen LogP contribution in [-0.2, 0) is 14.3 Å². The second-order valence-corrected chi connectivity index (χ2v) is 3.58. The molecule has 0 aliphatic carbocycles. The van der Waals surface area contributed by atoms with E-state index in [-0.39, 0.29) is 12.5 Å². The Kier molecular flexibility index (Phi) is 7.49. The van der Waals surface area contributed by atoms with Crippen LogP contribution in [0.5, 0.6) is 0 Å². The number of hydrogen-bond acceptors (Lipinski definition) is 4. The van der Waals surface area contributed by atoms with Gasteiger partial charge in [0.1, 0.15) is 0 Å². The van der Waals surface area contributed by atoms with Gasteiger partial charge in [0.05, 0.1) is 12.0 Å². The van der Waals surface area contributed by atoms with Crippen molar-refractivity contribution < 1.29 is 19.4 Å². The van der Waals surface area contributed by atoms with Gasteiger partial charge < -0.3 is 20.9 Å². The first-order valence-corrected chi connectivity index (χ1v) is 5.27. The monoisotopic (exact) mass is 232 g/mol. The minimum Gasteiger partial charge on any atom is -0.481 e. The summed E-state index contributed by atoms with van der Waals surface area (Å²) in [5, 5.41) is 11.3. The highest BCUT2D eigenvalue weighted by Gasteiger charge is 2.18. The molecular weight excluding hydrogens is 212 g/mol. The number of carboxylic acid groups (broad SMARTS) is 1. The summed E-state index contributed by atoms with van der Waals surface area (Å²) in [4.78, 5) is 22.1. The van der Waals surface area contributed by atoms with Crippen molar-refractivity contribution in [1.29, 1.82) is 0 Å². The van der Waals surface area contributed by atoms with E-state index < -0.39 is 17.9 Å². The zero-order chi connectivity index (χ0) is 12.6. The molecule has 0 aliphatic rings. The SMILES string of the molecule is CCC(CNC(=O)C(N)CCOC)C(=O)O. The first kappa shape index (κ1) is 14.9. The van der Waals surface area contributed by atoms with Crippen LogP contribution < -0.4 is 11.1 Å². The molecule has 0 radical (unpaired) electrons. The fourth-order valence-electron chi connectivity index (χ4n) is 1.14. The standard InChI is InChI=1S/C10H20N2O4/c1-3-7(10(14)15)6-12-9(13)8(11)4-5-16-2/h7-8H,3-6,11H2,1-2H3,(H,12,13)(H,14,15). The summed E-state index contributed by atoms with van der Waals surface area (Å²) in [6.07, 6.45) is 0.898. The van der Waals surface area contributed by atoms with Gasteiger partial charge in [0.15, 0.2) is 0 Å². The van der Waals surface area contributed by atoms with Gasteiger partial charge in [-0.2, -0.15) is 0 Å². The summed E-state index contributed by atoms with van der Waals surface area (Å²) in [7, 11) is 1.53. The minimum absolute atomic E-state index is 0.116. The molecule has 0 aromatic heterocycles. The van der Waals surface area contributed by atoms with Gasteiger partial charge in [0, 0.05) is 20.3 Å². The van der Waals surface area contributed by atoms with Gasteiger partial charge in [-0.05, 0) is 12.8 Å². The zero-order valence-corrected chi connectivity index (χ0v) is 9.73. The lowest BCUT2D eigenvalue weighted by Crippen LogP contribution is -2.43. The van der Waals surface area contributed by atoms with Crippen molar-refractivity contribution in [2.24, 2.45) is 11.7 Å². The molecule has 0 spiro atoms. The number of nitrogens with two attached hydrogens (primary N) is 1. The maximum absolute atomic E-state index is 11.4. The summed E-state index contributed by atoms with van der Waals surface area (Å²) in [6.45, 7) is 2.28. The number of hydrogen-bond donors (Lipinski definition) is 3. The van der Waals surface area contributed by atoms with Crippen LogP contribution in [0.25, 0.3) is 0 Å². The van der Waals surface area contributed by atoms with Gasteiger partial charge in [-0.3, -0.25) is 9.59 Å². The van der Waals surface area contributed by atoms with Crippen molar-refractivity contribution in [2.45, 2.75) is 25.8 Å². The highest BCUT2D eigenvalue weighted by atomic mass is 16.5. The lowest BCUT2D eigenvalue weighted by atomic mass is 10.1. The number of amides is 1. The number of rotatable bonds is 8. The van der Waals surface area contributed by atoms with Crippen molar-refractivity contribution in [3.63, 3.8) is 0 Å². The molecule has 0 aromatic carbocycles. The Morgan fingerprint density at radius 3 is 2.56 bits per heavy atom. The van der Waals surface area contributed by atoms with Gasteiger partial charge in [-0.15, -0.1) is 0 Å². The fourth-order valence-corrected chi connectivity index (χ4v) is 1.14. The lowest BCUT2D eigenvalue weighted by molar-refractivity contribution is -0.141. The third-order valence-corrected chi connectivity index (χ3v) is 2.33. The molecule has 2 atom stereocenters. The Morgan fingerprint density at radius 1 is 1.50 bits per heavy atom. The van der Waals surface area contributed by atoms with E-state index in [4.69, 9.17) is 15.6 Å². The molecule has 0 saturated heterocycles. The molecule has 0 fully saturated rings. The van der Waals surface area contributed by atoms with Crippen LogP contribution in [0.4, 0.5) is 0 Å². The van der Waals surface area contributed by atoms with E-state index in [9.17, 15) is 9.59 Å². The summed E-state index contributed by atoms with van der Waals surface area (Å²) in [6, 6.07) is -0.647. The van der Waals surface area contributed by atoms with E-state index >= 15 is 0 Å². The molecule has 4 N–H and O–H groups in total. The predicted molar refractivity (Wildman–Crippen MR) is 58.9 cm³/mol. The first-order chi connectivity index (χ1) is 7.52. The van der Waals surface area contributed by atoms with Crippen LogP contribution in [0.3, 0.4) is 0 Å². The van der Waals surface area contributed by atoms with Crippen molar-refractivity contribution in [3.05, 3.63) is 0 Å². The van der Waals surface area contributed by atoms with E-state index in [1.54, 1.807) is 6.92 Å². The molecule has 0 heterocycles. The second kappa shape index (κ2) is 8.06. The molecule has 0 saturated carbocycles. The van der Waals surface area contributed by atoms with Gasteiger partial charge >= 0.3 is 5.97 Å². The highest BCUT2D eigenvalue weighted by Crippen LogP contribution is 2.00. The smallest absolute Gasteiger partial charge is 0.308 e. The lowest BCUT2D eigenvalue weighted by Gasteiger charge is -2.14. The number of carboxylic acids is 1. The van der Waals surface area contributed by atoms with Gasteiger partial charge in [0.25, 0.3) is 0 Å². The Balaban J connectivity index is 3.91. The zero-order valence-electron chi connectivity index (χ0n) is 9.73. The number of ether oxygens (including phenoxy) is 1. The molecule has 0 bridgehead atoms. The van der Waals surface area contributed by atoms with Crippen LogP contribution >= 0.6 is 0 Å². The molecule has 0 aromatic rings. The Bertz CT molecular complexity index is 233. The summed E-state index contributed by atoms with van der Waals surface area (Å²) in [5.41, 5.74) is 5.57. The van der Waals surface area contributed by atoms with E-state index in [0.717, 1.165) is 0 Å². The topological polar surface area (TPSA) is 102 Å². The molecule has 16 heavy (non-hydrogen) atoms. The normalized spacial score (nSPS) is 14.2. The van der Waals surface area contributed by atoms with E-state index in [0.29, 0.717) is 19.4 Å². The number of carbonyl (C=O) groups excluding carboxylic acids is 1. The summed E-state index contributed by atoms with van der Waals surface area (Å²) in [5.74, 6) is -1.80. The Hall–Kier alpha value is -1.14. The maximum atomic E-state index is 11.4. The Morgan fingerprint density at radius 2 is 2.12 bits per heavy atom. The van der Waals surface area contributed by atoms with E-state index in [2.05, 4.69) is 5.32 Å². The average Bonchev–Trinajstić information content (AvgIpc) is 2.25. The molecule has 0 rings (SSSR count). The van der Waals surface area contributed by atoms with Crippen LogP contribution in [0.2, 0.25) is 0 Å². The molecule has 0 aliphatic heterocycles. The fraction of sp³-hybridized carbons (Fsp3) is 0.800. The summed E-state index contributed by atoms with van der Waals surface area (Å²) < 4.78 is 4.79. The quantitative estimate of drug-likeness (QED) is 0.527. The third kappa shape index (κ3) is 5.67. The second-order valence-electron chi connectivity index (χ2n) is 3.58. The Labute approximate surface area is 95.1 Å². The molecule has 6 heteroatoms. The van der Waals surface area contributed by atoms with Crippen LogP contribution in [-0.4, -0.2) is 43.3 Å². The predicted octanol–water partition coefficient (Wildman–Crippen LogP) is -0.423. The van der Waals surface area contributed by atoms with E-state index in [1.807, 2.05) is 0 Å². The molecule has 6 nitrogen and oxygen atoms in total. The van der Waals surface area contributed by atoms with Crippen LogP contribution in [0.1, 0.15) is 19.8 Å². The number of aliphatic carboxylic acids is 1. The minimum atomic E-state index is -0.909. The van der Waals surface area contributed by atoms with E-state index in [1.165, 1.54) is 7.11 Å².